The van der Waals surface area contributed by atoms with E-state index in [0.717, 1.165) is 42.5 Å². The lowest BCUT2D eigenvalue weighted by atomic mass is 10.0. The van der Waals surface area contributed by atoms with Crippen LogP contribution < -0.4 is 5.32 Å². The zero-order valence-corrected chi connectivity index (χ0v) is 18.7. The van der Waals surface area contributed by atoms with Crippen LogP contribution in [0.1, 0.15) is 52.0 Å². The van der Waals surface area contributed by atoms with Gasteiger partial charge in [0, 0.05) is 29.6 Å². The fourth-order valence-corrected chi connectivity index (χ4v) is 4.60. The minimum atomic E-state index is 0.447. The van der Waals surface area contributed by atoms with Crippen molar-refractivity contribution in [3.63, 3.8) is 0 Å². The number of hydrogen-bond acceptors (Lipinski definition) is 4. The summed E-state index contributed by atoms with van der Waals surface area (Å²) in [5.41, 5.74) is 3.67. The second kappa shape index (κ2) is 10.5. The van der Waals surface area contributed by atoms with Crippen LogP contribution in [0.2, 0.25) is 0 Å². The largest absolute Gasteiger partial charge is 0.384 e. The van der Waals surface area contributed by atoms with Crippen LogP contribution in [0.4, 0.5) is 5.69 Å². The number of rotatable bonds is 10. The molecule has 1 N–H and O–H groups in total. The van der Waals surface area contributed by atoms with Crippen LogP contribution in [0.5, 0.6) is 0 Å². The zero-order chi connectivity index (χ0) is 20.6. The van der Waals surface area contributed by atoms with Crippen molar-refractivity contribution in [1.29, 1.82) is 0 Å². The molecule has 1 atom stereocenters. The molecule has 0 aliphatic heterocycles. The highest BCUT2D eigenvalue weighted by Gasteiger charge is 2.18. The van der Waals surface area contributed by atoms with Crippen LogP contribution in [-0.4, -0.2) is 26.6 Å². The van der Waals surface area contributed by atoms with Gasteiger partial charge in [-0.1, -0.05) is 81.4 Å². The Balaban J connectivity index is 1.69. The monoisotopic (exact) mass is 408 g/mol. The van der Waals surface area contributed by atoms with E-state index in [1.54, 1.807) is 0 Å². The van der Waals surface area contributed by atoms with Gasteiger partial charge in [-0.2, -0.15) is 0 Å². The van der Waals surface area contributed by atoms with Crippen LogP contribution in [0.3, 0.4) is 0 Å². The third kappa shape index (κ3) is 5.63. The molecular weight excluding hydrogens is 376 g/mol. The highest BCUT2D eigenvalue weighted by atomic mass is 32.2. The predicted molar refractivity (Wildman–Crippen MR) is 125 cm³/mol. The molecule has 1 heterocycles. The first-order chi connectivity index (χ1) is 14.1. The SMILES string of the molecule is CCCC(CNc1ccc(C(C)C)cc1)Sc1nnc(-c2ccccc2)n1CC. The Bertz CT molecular complexity index is 872. The fourth-order valence-electron chi connectivity index (χ4n) is 3.35. The Labute approximate surface area is 179 Å². The second-order valence-corrected chi connectivity index (χ2v) is 8.87. The van der Waals surface area contributed by atoms with Crippen molar-refractivity contribution >= 4 is 17.4 Å². The van der Waals surface area contributed by atoms with Gasteiger partial charge < -0.3 is 9.88 Å². The third-order valence-corrected chi connectivity index (χ3v) is 6.31. The normalized spacial score (nSPS) is 12.3. The average Bonchev–Trinajstić information content (AvgIpc) is 3.15. The number of hydrogen-bond donors (Lipinski definition) is 1. The molecule has 0 bridgehead atoms. The van der Waals surface area contributed by atoms with E-state index in [9.17, 15) is 0 Å². The molecule has 3 aromatic rings. The van der Waals surface area contributed by atoms with Gasteiger partial charge in [-0.05, 0) is 37.0 Å². The van der Waals surface area contributed by atoms with E-state index in [0.29, 0.717) is 11.2 Å². The van der Waals surface area contributed by atoms with Gasteiger partial charge in [0.25, 0.3) is 0 Å². The summed E-state index contributed by atoms with van der Waals surface area (Å²) in [5, 5.41) is 14.1. The van der Waals surface area contributed by atoms with Gasteiger partial charge in [-0.3, -0.25) is 0 Å². The third-order valence-electron chi connectivity index (χ3n) is 5.06. The van der Waals surface area contributed by atoms with Crippen molar-refractivity contribution in [2.75, 3.05) is 11.9 Å². The smallest absolute Gasteiger partial charge is 0.191 e. The summed E-state index contributed by atoms with van der Waals surface area (Å²) in [4.78, 5) is 0. The van der Waals surface area contributed by atoms with Gasteiger partial charge in [0.15, 0.2) is 11.0 Å². The Hall–Kier alpha value is -2.27. The molecule has 4 nitrogen and oxygen atoms in total. The van der Waals surface area contributed by atoms with Gasteiger partial charge in [0.05, 0.1) is 0 Å². The first kappa shape index (κ1) is 21.4. The quantitative estimate of drug-likeness (QED) is 0.391. The molecule has 154 valence electrons. The number of thioether (sulfide) groups is 1. The zero-order valence-electron chi connectivity index (χ0n) is 17.9. The Kier molecular flexibility index (Phi) is 7.76. The first-order valence-corrected chi connectivity index (χ1v) is 11.5. The number of benzene rings is 2. The lowest BCUT2D eigenvalue weighted by Crippen LogP contribution is -2.17. The van der Waals surface area contributed by atoms with E-state index >= 15 is 0 Å². The van der Waals surface area contributed by atoms with Crippen molar-refractivity contribution < 1.29 is 0 Å². The number of anilines is 1. The van der Waals surface area contributed by atoms with Gasteiger partial charge in [-0.25, -0.2) is 0 Å². The predicted octanol–water partition coefficient (Wildman–Crippen LogP) is 6.46. The molecule has 0 spiro atoms. The van der Waals surface area contributed by atoms with Gasteiger partial charge in [-0.15, -0.1) is 10.2 Å². The Morgan fingerprint density at radius 3 is 2.31 bits per heavy atom. The minimum absolute atomic E-state index is 0.447. The molecule has 2 aromatic carbocycles. The molecule has 0 radical (unpaired) electrons. The summed E-state index contributed by atoms with van der Waals surface area (Å²) in [6.07, 6.45) is 2.29. The summed E-state index contributed by atoms with van der Waals surface area (Å²) in [6, 6.07) is 19.1. The molecule has 1 aromatic heterocycles. The molecule has 1 unspecified atom stereocenters. The maximum absolute atomic E-state index is 4.52. The maximum Gasteiger partial charge on any atom is 0.191 e. The van der Waals surface area contributed by atoms with Gasteiger partial charge >= 0.3 is 0 Å². The number of aromatic nitrogens is 3. The van der Waals surface area contributed by atoms with E-state index in [-0.39, 0.29) is 0 Å². The molecule has 0 aliphatic carbocycles. The van der Waals surface area contributed by atoms with Crippen LogP contribution in [0.25, 0.3) is 11.4 Å². The Morgan fingerprint density at radius 2 is 1.69 bits per heavy atom. The summed E-state index contributed by atoms with van der Waals surface area (Å²) < 4.78 is 2.22. The molecule has 3 rings (SSSR count). The standard InChI is InChI=1S/C24H32N4S/c1-5-10-22(17-25-21-15-13-19(14-16-21)18(3)4)29-24-27-26-23(28(24)6-2)20-11-8-7-9-12-20/h7-9,11-16,18,22,25H,5-6,10,17H2,1-4H3. The van der Waals surface area contributed by atoms with Crippen molar-refractivity contribution in [1.82, 2.24) is 14.8 Å². The number of nitrogens with one attached hydrogen (secondary N) is 1. The molecule has 0 aliphatic rings. The molecular formula is C24H32N4S. The highest BCUT2D eigenvalue weighted by molar-refractivity contribution is 7.99. The Morgan fingerprint density at radius 1 is 0.966 bits per heavy atom. The molecule has 0 saturated carbocycles. The minimum Gasteiger partial charge on any atom is -0.384 e. The van der Waals surface area contributed by atoms with Crippen molar-refractivity contribution in [3.8, 4) is 11.4 Å². The summed E-state index contributed by atoms with van der Waals surface area (Å²) in [7, 11) is 0. The topological polar surface area (TPSA) is 42.7 Å². The van der Waals surface area contributed by atoms with E-state index in [1.807, 2.05) is 30.0 Å². The van der Waals surface area contributed by atoms with E-state index in [4.69, 9.17) is 0 Å². The van der Waals surface area contributed by atoms with Crippen molar-refractivity contribution in [2.45, 2.75) is 63.4 Å². The molecule has 0 amide bonds. The summed E-state index contributed by atoms with van der Waals surface area (Å²) in [5.74, 6) is 1.51. The lowest BCUT2D eigenvalue weighted by Gasteiger charge is -2.18. The van der Waals surface area contributed by atoms with Crippen molar-refractivity contribution in [2.24, 2.45) is 0 Å². The van der Waals surface area contributed by atoms with Crippen LogP contribution in [-0.2, 0) is 6.54 Å². The van der Waals surface area contributed by atoms with E-state index < -0.39 is 0 Å². The lowest BCUT2D eigenvalue weighted by molar-refractivity contribution is 0.679. The van der Waals surface area contributed by atoms with Gasteiger partial charge in [0.2, 0.25) is 0 Å². The molecule has 29 heavy (non-hydrogen) atoms. The summed E-state index contributed by atoms with van der Waals surface area (Å²) >= 11 is 1.83. The van der Waals surface area contributed by atoms with Crippen LogP contribution in [0.15, 0.2) is 59.8 Å². The summed E-state index contributed by atoms with van der Waals surface area (Å²) in [6.45, 7) is 10.6. The fraction of sp³-hybridized carbons (Fsp3) is 0.417. The second-order valence-electron chi connectivity index (χ2n) is 7.60. The average molecular weight is 409 g/mol. The first-order valence-electron chi connectivity index (χ1n) is 10.6. The molecule has 0 fully saturated rings. The highest BCUT2D eigenvalue weighted by Crippen LogP contribution is 2.29. The van der Waals surface area contributed by atoms with Crippen molar-refractivity contribution in [3.05, 3.63) is 60.2 Å². The van der Waals surface area contributed by atoms with Gasteiger partial charge in [0.1, 0.15) is 0 Å². The molecule has 0 saturated heterocycles. The van der Waals surface area contributed by atoms with E-state index in [2.05, 4.69) is 84.2 Å². The van der Waals surface area contributed by atoms with Crippen LogP contribution >= 0.6 is 11.8 Å². The van der Waals surface area contributed by atoms with E-state index in [1.165, 1.54) is 11.3 Å². The maximum atomic E-state index is 4.52. The van der Waals surface area contributed by atoms with Crippen LogP contribution in [0, 0.1) is 0 Å². The number of nitrogens with zero attached hydrogens (tertiary/aromatic N) is 3. The molecule has 5 heteroatoms.